The number of fused-ring (bicyclic) bond motifs is 1. The minimum Gasteiger partial charge on any atom is -0.355 e. The Balaban J connectivity index is 1.55. The summed E-state index contributed by atoms with van der Waals surface area (Å²) in [4.78, 5) is 30.6. The van der Waals surface area contributed by atoms with Crippen molar-refractivity contribution in [2.24, 2.45) is 0 Å². The number of carbonyl (C=O) groups is 1. The highest BCUT2D eigenvalue weighted by atomic mass is 32.2. The minimum absolute atomic E-state index is 0.124. The monoisotopic (exact) mass is 461 g/mol. The molecule has 0 bridgehead atoms. The number of rotatable bonds is 7. The number of nitrogens with one attached hydrogen (secondary N) is 1. The normalized spacial score (nSPS) is 11.0. The minimum atomic E-state index is -0.281. The molecule has 7 heteroatoms. The van der Waals surface area contributed by atoms with Gasteiger partial charge in [-0.2, -0.15) is 0 Å². The number of nitrogens with zero attached hydrogens (tertiary/aromatic N) is 2. The van der Waals surface area contributed by atoms with E-state index in [0.29, 0.717) is 29.0 Å². The van der Waals surface area contributed by atoms with Gasteiger partial charge in [0.2, 0.25) is 5.91 Å². The van der Waals surface area contributed by atoms with Crippen molar-refractivity contribution in [2.45, 2.75) is 25.4 Å². The van der Waals surface area contributed by atoms with Crippen molar-refractivity contribution in [3.8, 4) is 5.69 Å². The molecule has 0 saturated heterocycles. The van der Waals surface area contributed by atoms with Crippen molar-refractivity contribution in [1.29, 1.82) is 0 Å². The highest BCUT2D eigenvalue weighted by Gasteiger charge is 2.16. The van der Waals surface area contributed by atoms with Crippen molar-refractivity contribution in [2.75, 3.05) is 12.3 Å². The second-order valence-corrected chi connectivity index (χ2v) is 8.73. The summed E-state index contributed by atoms with van der Waals surface area (Å²) in [6, 6.07) is 19.3. The van der Waals surface area contributed by atoms with E-state index in [1.807, 2.05) is 44.2 Å². The van der Waals surface area contributed by atoms with Gasteiger partial charge in [-0.3, -0.25) is 14.2 Å². The van der Waals surface area contributed by atoms with E-state index in [1.54, 1.807) is 28.8 Å². The van der Waals surface area contributed by atoms with Gasteiger partial charge in [0.25, 0.3) is 5.56 Å². The van der Waals surface area contributed by atoms with Crippen LogP contribution >= 0.6 is 11.8 Å². The zero-order valence-corrected chi connectivity index (χ0v) is 19.3. The third kappa shape index (κ3) is 5.14. The van der Waals surface area contributed by atoms with Crippen molar-refractivity contribution >= 4 is 28.6 Å². The fourth-order valence-corrected chi connectivity index (χ4v) is 4.41. The highest BCUT2D eigenvalue weighted by molar-refractivity contribution is 7.99. The summed E-state index contributed by atoms with van der Waals surface area (Å²) >= 11 is 1.23. The van der Waals surface area contributed by atoms with Gasteiger partial charge >= 0.3 is 0 Å². The van der Waals surface area contributed by atoms with Crippen LogP contribution < -0.4 is 10.9 Å². The number of benzene rings is 3. The first-order chi connectivity index (χ1) is 15.9. The smallest absolute Gasteiger partial charge is 0.266 e. The van der Waals surface area contributed by atoms with Crippen LogP contribution in [0.15, 0.2) is 76.7 Å². The van der Waals surface area contributed by atoms with Gasteiger partial charge in [0.1, 0.15) is 5.82 Å². The molecule has 33 heavy (non-hydrogen) atoms. The molecule has 4 rings (SSSR count). The molecule has 168 valence electrons. The maximum absolute atomic E-state index is 13.4. The Kier molecular flexibility index (Phi) is 6.89. The predicted octanol–water partition coefficient (Wildman–Crippen LogP) is 4.59. The Labute approximate surface area is 195 Å². The summed E-state index contributed by atoms with van der Waals surface area (Å²) in [5.74, 6) is -0.312. The van der Waals surface area contributed by atoms with Crippen molar-refractivity contribution < 1.29 is 9.18 Å². The first-order valence-electron chi connectivity index (χ1n) is 10.7. The van der Waals surface area contributed by atoms with Gasteiger partial charge in [0, 0.05) is 6.54 Å². The second-order valence-electron chi connectivity index (χ2n) is 7.79. The van der Waals surface area contributed by atoms with E-state index in [0.717, 1.165) is 22.4 Å². The topological polar surface area (TPSA) is 64.0 Å². The first-order valence-corrected chi connectivity index (χ1v) is 11.6. The zero-order chi connectivity index (χ0) is 23.4. The quantitative estimate of drug-likeness (QED) is 0.323. The van der Waals surface area contributed by atoms with E-state index in [2.05, 4.69) is 5.32 Å². The number of hydrogen-bond donors (Lipinski definition) is 1. The number of aromatic nitrogens is 2. The molecule has 0 aliphatic heterocycles. The molecule has 1 amide bonds. The third-order valence-electron chi connectivity index (χ3n) is 5.54. The van der Waals surface area contributed by atoms with Crippen LogP contribution in [-0.2, 0) is 11.2 Å². The van der Waals surface area contributed by atoms with Crippen LogP contribution in [-0.4, -0.2) is 27.8 Å². The van der Waals surface area contributed by atoms with Crippen LogP contribution in [0.3, 0.4) is 0 Å². The molecule has 0 spiro atoms. The average Bonchev–Trinajstić information content (AvgIpc) is 2.81. The van der Waals surface area contributed by atoms with Gasteiger partial charge in [0.05, 0.1) is 22.3 Å². The lowest BCUT2D eigenvalue weighted by atomic mass is 10.1. The molecule has 0 aliphatic carbocycles. The van der Waals surface area contributed by atoms with Gasteiger partial charge in [-0.15, -0.1) is 0 Å². The van der Waals surface area contributed by atoms with Crippen molar-refractivity contribution in [3.63, 3.8) is 0 Å². The highest BCUT2D eigenvalue weighted by Crippen LogP contribution is 2.24. The summed E-state index contributed by atoms with van der Waals surface area (Å²) in [6.07, 6.45) is 0.609. The number of thioether (sulfide) groups is 1. The van der Waals surface area contributed by atoms with Crippen molar-refractivity contribution in [3.05, 3.63) is 99.6 Å². The third-order valence-corrected chi connectivity index (χ3v) is 6.48. The fraction of sp³-hybridized carbons (Fsp3) is 0.192. The van der Waals surface area contributed by atoms with Gasteiger partial charge in [-0.25, -0.2) is 9.37 Å². The van der Waals surface area contributed by atoms with E-state index in [4.69, 9.17) is 4.98 Å². The van der Waals surface area contributed by atoms with E-state index >= 15 is 0 Å². The molecule has 1 N–H and O–H groups in total. The Morgan fingerprint density at radius 1 is 1.03 bits per heavy atom. The number of aryl methyl sites for hydroxylation is 1. The Hall–Kier alpha value is -3.45. The van der Waals surface area contributed by atoms with Crippen LogP contribution in [0.25, 0.3) is 16.6 Å². The Bertz CT molecular complexity index is 1370. The van der Waals surface area contributed by atoms with E-state index in [1.165, 1.54) is 23.9 Å². The van der Waals surface area contributed by atoms with E-state index < -0.39 is 0 Å². The van der Waals surface area contributed by atoms with Crippen LogP contribution in [0.5, 0.6) is 0 Å². The maximum atomic E-state index is 13.4. The van der Waals surface area contributed by atoms with Gasteiger partial charge in [-0.1, -0.05) is 48.2 Å². The molecule has 1 aromatic heterocycles. The molecule has 1 heterocycles. The molecule has 5 nitrogen and oxygen atoms in total. The lowest BCUT2D eigenvalue weighted by molar-refractivity contribution is -0.118. The molecule has 0 aliphatic rings. The number of para-hydroxylation sites is 1. The van der Waals surface area contributed by atoms with Gasteiger partial charge < -0.3 is 5.32 Å². The summed E-state index contributed by atoms with van der Waals surface area (Å²) in [5.41, 5.74) is 4.21. The fourth-order valence-electron chi connectivity index (χ4n) is 3.58. The molecule has 0 radical (unpaired) electrons. The lowest BCUT2D eigenvalue weighted by Crippen LogP contribution is -2.28. The molecule has 0 atom stereocenters. The largest absolute Gasteiger partial charge is 0.355 e. The maximum Gasteiger partial charge on any atom is 0.266 e. The molecular weight excluding hydrogens is 437 g/mol. The van der Waals surface area contributed by atoms with Crippen LogP contribution in [0.4, 0.5) is 4.39 Å². The summed E-state index contributed by atoms with van der Waals surface area (Å²) in [7, 11) is 0. The zero-order valence-electron chi connectivity index (χ0n) is 18.5. The number of hydrogen-bond acceptors (Lipinski definition) is 4. The van der Waals surface area contributed by atoms with Crippen molar-refractivity contribution in [1.82, 2.24) is 14.9 Å². The number of amides is 1. The predicted molar refractivity (Wildman–Crippen MR) is 131 cm³/mol. The van der Waals surface area contributed by atoms with Crippen LogP contribution in [0.2, 0.25) is 0 Å². The summed E-state index contributed by atoms with van der Waals surface area (Å²) < 4.78 is 14.6. The average molecular weight is 462 g/mol. The summed E-state index contributed by atoms with van der Waals surface area (Å²) in [5, 5.41) is 3.89. The molecule has 0 unspecified atom stereocenters. The molecule has 4 aromatic rings. The molecule has 3 aromatic carbocycles. The standard InChI is InChI=1S/C26H24FN3O2S/c1-17-6-5-9-23(18(17)2)30-25(32)21-7-3-4-8-22(21)29-26(30)33-16-24(31)28-15-14-19-10-12-20(27)13-11-19/h3-13H,14-16H2,1-2H3,(H,28,31). The van der Waals surface area contributed by atoms with Gasteiger partial charge in [0.15, 0.2) is 5.16 Å². The molecule has 0 fully saturated rings. The Morgan fingerprint density at radius 2 is 1.79 bits per heavy atom. The van der Waals surface area contributed by atoms with Gasteiger partial charge in [-0.05, 0) is 67.3 Å². The van der Waals surface area contributed by atoms with E-state index in [9.17, 15) is 14.0 Å². The lowest BCUT2D eigenvalue weighted by Gasteiger charge is -2.16. The van der Waals surface area contributed by atoms with Crippen LogP contribution in [0.1, 0.15) is 16.7 Å². The van der Waals surface area contributed by atoms with E-state index in [-0.39, 0.29) is 23.0 Å². The Morgan fingerprint density at radius 3 is 2.58 bits per heavy atom. The SMILES string of the molecule is Cc1cccc(-n2c(SCC(=O)NCCc3ccc(F)cc3)nc3ccccc3c2=O)c1C. The van der Waals surface area contributed by atoms with Crippen LogP contribution in [0, 0.1) is 19.7 Å². The summed E-state index contributed by atoms with van der Waals surface area (Å²) in [6.45, 7) is 4.42. The molecule has 0 saturated carbocycles. The first kappa shape index (κ1) is 22.7. The second kappa shape index (κ2) is 10.0. The number of halogens is 1. The molecular formula is C26H24FN3O2S. The number of carbonyl (C=O) groups excluding carboxylic acids is 1.